The molecule has 160 valence electrons. The predicted octanol–water partition coefficient (Wildman–Crippen LogP) is 4.51. The zero-order valence-corrected chi connectivity index (χ0v) is 15.4. The summed E-state index contributed by atoms with van der Waals surface area (Å²) in [5.74, 6) is -2.01. The van der Waals surface area contributed by atoms with Gasteiger partial charge in [-0.2, -0.15) is 26.3 Å². The van der Waals surface area contributed by atoms with Crippen LogP contribution in [0.15, 0.2) is 30.3 Å². The Balaban J connectivity index is 2.51. The number of amides is 1. The van der Waals surface area contributed by atoms with Crippen molar-refractivity contribution >= 4 is 30.6 Å². The van der Waals surface area contributed by atoms with E-state index in [2.05, 4.69) is 10.6 Å². The smallest absolute Gasteiger partial charge is 0.386 e. The number of carbonyl (C=O) groups is 1. The molecular formula is C18H13BF8N2O. The molecule has 0 aromatic heterocycles. The van der Waals surface area contributed by atoms with Crippen LogP contribution in [0.25, 0.3) is 0 Å². The number of anilines is 2. The summed E-state index contributed by atoms with van der Waals surface area (Å²) in [5.41, 5.74) is -9.49. The van der Waals surface area contributed by atoms with Crippen molar-refractivity contribution in [2.75, 3.05) is 17.7 Å². The van der Waals surface area contributed by atoms with Gasteiger partial charge in [-0.1, -0.05) is 23.7 Å². The van der Waals surface area contributed by atoms with Crippen molar-refractivity contribution in [2.45, 2.75) is 24.9 Å². The quantitative estimate of drug-likeness (QED) is 0.547. The van der Waals surface area contributed by atoms with Crippen molar-refractivity contribution in [3.05, 3.63) is 52.8 Å². The Morgan fingerprint density at radius 2 is 1.57 bits per heavy atom. The molecule has 1 amide bonds. The van der Waals surface area contributed by atoms with Gasteiger partial charge in [-0.25, -0.2) is 8.78 Å². The Morgan fingerprint density at radius 1 is 1.00 bits per heavy atom. The highest BCUT2D eigenvalue weighted by molar-refractivity contribution is 6.37. The molecule has 2 aromatic carbocycles. The standard InChI is InChI=1S/C18H13BF8N2O/c1-8-6-9(16(21,17(22,23)24)18(25,26)27)7-11(19)14(8)29-15(30)10-4-3-5-12(28-2)13(10)20/h3-7,28H,1-2H3,(H,29,30). The number of hydrogen-bond donors (Lipinski definition) is 2. The molecule has 0 spiro atoms. The van der Waals surface area contributed by atoms with Gasteiger partial charge in [-0.15, -0.1) is 0 Å². The first-order valence-electron chi connectivity index (χ1n) is 8.15. The number of rotatable bonds is 4. The van der Waals surface area contributed by atoms with Crippen LogP contribution in [-0.4, -0.2) is 33.2 Å². The van der Waals surface area contributed by atoms with Gasteiger partial charge in [0, 0.05) is 18.3 Å². The molecule has 0 fully saturated rings. The molecule has 2 N–H and O–H groups in total. The lowest BCUT2D eigenvalue weighted by Gasteiger charge is -2.31. The van der Waals surface area contributed by atoms with Gasteiger partial charge in [0.2, 0.25) is 0 Å². The maximum atomic E-state index is 14.3. The molecule has 0 atom stereocenters. The van der Waals surface area contributed by atoms with E-state index in [9.17, 15) is 39.9 Å². The highest BCUT2D eigenvalue weighted by Gasteiger charge is 2.73. The van der Waals surface area contributed by atoms with E-state index in [0.717, 1.165) is 13.0 Å². The lowest BCUT2D eigenvalue weighted by molar-refractivity contribution is -0.348. The first-order chi connectivity index (χ1) is 13.6. The summed E-state index contributed by atoms with van der Waals surface area (Å²) >= 11 is 0. The zero-order valence-electron chi connectivity index (χ0n) is 15.4. The van der Waals surface area contributed by atoms with Gasteiger partial charge in [0.25, 0.3) is 5.91 Å². The van der Waals surface area contributed by atoms with E-state index in [1.165, 1.54) is 19.2 Å². The van der Waals surface area contributed by atoms with Crippen molar-refractivity contribution in [3.8, 4) is 0 Å². The molecule has 0 bridgehead atoms. The van der Waals surface area contributed by atoms with Crippen LogP contribution in [0, 0.1) is 12.7 Å². The SMILES string of the molecule is [B]c1cc(C(F)(C(F)(F)F)C(F)(F)F)cc(C)c1NC(=O)c1cccc(NC)c1F. The second kappa shape index (κ2) is 7.80. The molecule has 0 aliphatic carbocycles. The largest absolute Gasteiger partial charge is 0.435 e. The minimum atomic E-state index is -6.31. The van der Waals surface area contributed by atoms with Gasteiger partial charge in [-0.05, 0) is 24.6 Å². The molecule has 2 rings (SSSR count). The third kappa shape index (κ3) is 3.95. The fraction of sp³-hybridized carbons (Fsp3) is 0.278. The summed E-state index contributed by atoms with van der Waals surface area (Å²) in [7, 11) is 6.90. The number of aryl methyl sites for hydroxylation is 1. The number of nitrogens with one attached hydrogen (secondary N) is 2. The lowest BCUT2D eigenvalue weighted by atomic mass is 9.84. The average molecular weight is 436 g/mol. The second-order valence-electron chi connectivity index (χ2n) is 6.28. The summed E-state index contributed by atoms with van der Waals surface area (Å²) in [6.45, 7) is 1.02. The van der Waals surface area contributed by atoms with Gasteiger partial charge >= 0.3 is 18.0 Å². The van der Waals surface area contributed by atoms with Crippen LogP contribution in [0.5, 0.6) is 0 Å². The normalized spacial score (nSPS) is 12.6. The maximum Gasteiger partial charge on any atom is 0.435 e. The Morgan fingerprint density at radius 3 is 2.03 bits per heavy atom. The fourth-order valence-corrected chi connectivity index (χ4v) is 2.75. The molecule has 12 heteroatoms. The summed E-state index contributed by atoms with van der Waals surface area (Å²) < 4.78 is 106. The van der Waals surface area contributed by atoms with Crippen molar-refractivity contribution in [1.82, 2.24) is 0 Å². The molecule has 3 nitrogen and oxygen atoms in total. The van der Waals surface area contributed by atoms with E-state index in [4.69, 9.17) is 7.85 Å². The molecule has 2 radical (unpaired) electrons. The van der Waals surface area contributed by atoms with E-state index in [-0.39, 0.29) is 29.1 Å². The third-order valence-electron chi connectivity index (χ3n) is 4.30. The molecule has 0 aliphatic rings. The molecule has 30 heavy (non-hydrogen) atoms. The predicted molar refractivity (Wildman–Crippen MR) is 95.4 cm³/mol. The van der Waals surface area contributed by atoms with Crippen molar-refractivity contribution in [2.24, 2.45) is 0 Å². The third-order valence-corrected chi connectivity index (χ3v) is 4.30. The van der Waals surface area contributed by atoms with Gasteiger partial charge in [0.1, 0.15) is 7.85 Å². The molecule has 0 heterocycles. The molecule has 0 saturated heterocycles. The van der Waals surface area contributed by atoms with Gasteiger partial charge in [0.05, 0.1) is 11.3 Å². The van der Waals surface area contributed by atoms with Crippen LogP contribution in [0.2, 0.25) is 0 Å². The number of benzene rings is 2. The molecule has 0 saturated carbocycles. The average Bonchev–Trinajstić information content (AvgIpc) is 2.61. The van der Waals surface area contributed by atoms with Crippen LogP contribution < -0.4 is 16.1 Å². The molecule has 2 aromatic rings. The monoisotopic (exact) mass is 436 g/mol. The van der Waals surface area contributed by atoms with E-state index in [1.807, 2.05) is 0 Å². The topological polar surface area (TPSA) is 41.1 Å². The van der Waals surface area contributed by atoms with E-state index in [1.54, 1.807) is 0 Å². The van der Waals surface area contributed by atoms with Crippen LogP contribution in [0.4, 0.5) is 46.5 Å². The number of hydrogen-bond acceptors (Lipinski definition) is 2. The van der Waals surface area contributed by atoms with Gasteiger partial charge in [0.15, 0.2) is 5.82 Å². The summed E-state index contributed by atoms with van der Waals surface area (Å²) in [5, 5.41) is 4.62. The Bertz CT molecular complexity index is 935. The molecule has 0 unspecified atom stereocenters. The molecule has 0 aliphatic heterocycles. The Hall–Kier alpha value is -2.79. The van der Waals surface area contributed by atoms with Crippen LogP contribution in [0.1, 0.15) is 21.5 Å². The van der Waals surface area contributed by atoms with E-state index in [0.29, 0.717) is 0 Å². The van der Waals surface area contributed by atoms with Crippen molar-refractivity contribution in [3.63, 3.8) is 0 Å². The lowest BCUT2D eigenvalue weighted by Crippen LogP contribution is -2.50. The Kier molecular flexibility index (Phi) is 6.11. The second-order valence-corrected chi connectivity index (χ2v) is 6.28. The number of alkyl halides is 7. The van der Waals surface area contributed by atoms with Crippen molar-refractivity contribution < 1.29 is 39.9 Å². The minimum absolute atomic E-state index is 0.0275. The maximum absolute atomic E-state index is 14.3. The summed E-state index contributed by atoms with van der Waals surface area (Å²) in [4.78, 5) is 12.3. The number of carbonyl (C=O) groups excluding carboxylic acids is 1. The first-order valence-corrected chi connectivity index (χ1v) is 8.15. The van der Waals surface area contributed by atoms with E-state index >= 15 is 0 Å². The van der Waals surface area contributed by atoms with E-state index < -0.39 is 46.3 Å². The highest BCUT2D eigenvalue weighted by Crippen LogP contribution is 2.53. The minimum Gasteiger partial charge on any atom is -0.386 e. The highest BCUT2D eigenvalue weighted by atomic mass is 19.4. The summed E-state index contributed by atoms with van der Waals surface area (Å²) in [6, 6.07) is 4.17. The van der Waals surface area contributed by atoms with Crippen LogP contribution >= 0.6 is 0 Å². The van der Waals surface area contributed by atoms with Crippen molar-refractivity contribution in [1.29, 1.82) is 0 Å². The summed E-state index contributed by atoms with van der Waals surface area (Å²) in [6.07, 6.45) is -12.6. The van der Waals surface area contributed by atoms with Gasteiger partial charge < -0.3 is 10.6 Å². The van der Waals surface area contributed by atoms with Gasteiger partial charge in [-0.3, -0.25) is 4.79 Å². The fourth-order valence-electron chi connectivity index (χ4n) is 2.75. The van der Waals surface area contributed by atoms with Crippen LogP contribution in [-0.2, 0) is 5.67 Å². The Labute approximate surface area is 166 Å². The van der Waals surface area contributed by atoms with Crippen LogP contribution in [0.3, 0.4) is 0 Å². The number of halogens is 8. The zero-order chi connectivity index (χ0) is 23.1. The molecular weight excluding hydrogens is 423 g/mol. The first kappa shape index (κ1) is 23.5.